The maximum absolute atomic E-state index is 12.5. The molecular weight excluding hydrogens is 424 g/mol. The first-order valence-corrected chi connectivity index (χ1v) is 12.2. The Balaban J connectivity index is 1.61. The molecule has 0 aliphatic rings. The predicted molar refractivity (Wildman–Crippen MR) is 121 cm³/mol. The minimum absolute atomic E-state index is 0.0792. The van der Waals surface area contributed by atoms with Crippen LogP contribution in [0.1, 0.15) is 18.1 Å². The molecule has 0 saturated heterocycles. The van der Waals surface area contributed by atoms with Crippen LogP contribution >= 0.6 is 23.1 Å². The number of thioether (sulfide) groups is 1. The number of amides is 1. The van der Waals surface area contributed by atoms with Gasteiger partial charge in [0.15, 0.2) is 0 Å². The van der Waals surface area contributed by atoms with Crippen molar-refractivity contribution in [3.8, 4) is 0 Å². The van der Waals surface area contributed by atoms with Crippen molar-refractivity contribution in [3.63, 3.8) is 0 Å². The van der Waals surface area contributed by atoms with E-state index in [2.05, 4.69) is 10.0 Å². The highest BCUT2D eigenvalue weighted by Gasteiger charge is 2.17. The first-order valence-electron chi connectivity index (χ1n) is 8.96. The third-order valence-corrected chi connectivity index (χ3v) is 8.08. The van der Waals surface area contributed by atoms with Crippen LogP contribution < -0.4 is 10.0 Å². The molecule has 3 aromatic rings. The first kappa shape index (κ1) is 21.4. The van der Waals surface area contributed by atoms with E-state index in [1.807, 2.05) is 39.0 Å². The van der Waals surface area contributed by atoms with Gasteiger partial charge in [0.05, 0.1) is 5.25 Å². The number of anilines is 2. The van der Waals surface area contributed by atoms with E-state index >= 15 is 0 Å². The summed E-state index contributed by atoms with van der Waals surface area (Å²) in [4.78, 5) is 13.4. The quantitative estimate of drug-likeness (QED) is 0.484. The fourth-order valence-electron chi connectivity index (χ4n) is 2.67. The molecule has 0 aliphatic heterocycles. The van der Waals surface area contributed by atoms with E-state index in [0.717, 1.165) is 21.7 Å². The van der Waals surface area contributed by atoms with Gasteiger partial charge in [0.2, 0.25) is 5.91 Å². The summed E-state index contributed by atoms with van der Waals surface area (Å²) in [6, 6.07) is 16.2. The number of hydrogen-bond acceptors (Lipinski definition) is 5. The summed E-state index contributed by atoms with van der Waals surface area (Å²) in [5, 5.41) is 4.38. The standard InChI is InChI=1S/C21H22N2O3S3/c1-14-6-11-19(15(2)13-14)22-21(24)16(3)28-18-9-7-17(8-10-18)23-29(25,26)20-5-4-12-27-20/h4-13,16,23H,1-3H3,(H,22,24). The molecule has 1 atom stereocenters. The Morgan fingerprint density at radius 2 is 1.79 bits per heavy atom. The van der Waals surface area contributed by atoms with Crippen molar-refractivity contribution in [1.82, 2.24) is 0 Å². The Kier molecular flexibility index (Phi) is 6.66. The number of aryl methyl sites for hydroxylation is 2. The van der Waals surface area contributed by atoms with Gasteiger partial charge in [0.1, 0.15) is 4.21 Å². The van der Waals surface area contributed by atoms with Crippen LogP contribution in [0.3, 0.4) is 0 Å². The minimum atomic E-state index is -3.56. The Hall–Kier alpha value is -2.29. The lowest BCUT2D eigenvalue weighted by molar-refractivity contribution is -0.115. The second-order valence-electron chi connectivity index (χ2n) is 6.63. The molecule has 0 bridgehead atoms. The van der Waals surface area contributed by atoms with Gasteiger partial charge >= 0.3 is 0 Å². The number of nitrogens with one attached hydrogen (secondary N) is 2. The van der Waals surface area contributed by atoms with Crippen molar-refractivity contribution in [1.29, 1.82) is 0 Å². The number of carbonyl (C=O) groups excluding carboxylic acids is 1. The summed E-state index contributed by atoms with van der Waals surface area (Å²) in [5.74, 6) is -0.0792. The van der Waals surface area contributed by atoms with Gasteiger partial charge in [-0.25, -0.2) is 8.42 Å². The molecule has 2 aromatic carbocycles. The number of rotatable bonds is 7. The smallest absolute Gasteiger partial charge is 0.271 e. The average Bonchev–Trinajstić information content (AvgIpc) is 3.21. The van der Waals surface area contributed by atoms with Crippen molar-refractivity contribution in [3.05, 3.63) is 71.1 Å². The van der Waals surface area contributed by atoms with E-state index in [0.29, 0.717) is 5.69 Å². The second-order valence-corrected chi connectivity index (χ2v) is 10.9. The SMILES string of the molecule is Cc1ccc(NC(=O)C(C)Sc2ccc(NS(=O)(=O)c3cccs3)cc2)c(C)c1. The number of benzene rings is 2. The van der Waals surface area contributed by atoms with Crippen molar-refractivity contribution >= 4 is 50.4 Å². The molecule has 0 aliphatic carbocycles. The molecule has 1 aromatic heterocycles. The normalized spacial score (nSPS) is 12.4. The van der Waals surface area contributed by atoms with Gasteiger partial charge < -0.3 is 5.32 Å². The molecule has 3 rings (SSSR count). The van der Waals surface area contributed by atoms with E-state index < -0.39 is 10.0 Å². The van der Waals surface area contributed by atoms with Gasteiger partial charge in [-0.3, -0.25) is 9.52 Å². The van der Waals surface area contributed by atoms with Gasteiger partial charge in [-0.15, -0.1) is 23.1 Å². The molecular formula is C21H22N2O3S3. The van der Waals surface area contributed by atoms with Crippen LogP contribution in [0.4, 0.5) is 11.4 Å². The predicted octanol–water partition coefficient (Wildman–Crippen LogP) is 5.29. The largest absolute Gasteiger partial charge is 0.325 e. The number of thiophene rings is 1. The van der Waals surface area contributed by atoms with Gasteiger partial charge in [-0.05, 0) is 68.1 Å². The zero-order valence-corrected chi connectivity index (χ0v) is 18.7. The van der Waals surface area contributed by atoms with Crippen molar-refractivity contribution in [2.24, 2.45) is 0 Å². The van der Waals surface area contributed by atoms with Crippen LogP contribution in [-0.2, 0) is 14.8 Å². The lowest BCUT2D eigenvalue weighted by Crippen LogP contribution is -2.22. The van der Waals surface area contributed by atoms with Gasteiger partial charge in [-0.1, -0.05) is 23.8 Å². The maximum Gasteiger partial charge on any atom is 0.271 e. The van der Waals surface area contributed by atoms with Crippen LogP contribution in [0.25, 0.3) is 0 Å². The molecule has 0 saturated carbocycles. The van der Waals surface area contributed by atoms with Crippen LogP contribution in [-0.4, -0.2) is 19.6 Å². The van der Waals surface area contributed by atoms with Crippen LogP contribution in [0, 0.1) is 13.8 Å². The van der Waals surface area contributed by atoms with Crippen LogP contribution in [0.15, 0.2) is 69.1 Å². The van der Waals surface area contributed by atoms with E-state index in [1.54, 1.807) is 41.8 Å². The summed E-state index contributed by atoms with van der Waals surface area (Å²) in [7, 11) is -3.56. The lowest BCUT2D eigenvalue weighted by atomic mass is 10.1. The molecule has 0 spiro atoms. The summed E-state index contributed by atoms with van der Waals surface area (Å²) in [5.41, 5.74) is 3.47. The zero-order valence-electron chi connectivity index (χ0n) is 16.3. The number of carbonyl (C=O) groups is 1. The van der Waals surface area contributed by atoms with Crippen molar-refractivity contribution in [2.75, 3.05) is 10.0 Å². The fraction of sp³-hybridized carbons (Fsp3) is 0.190. The summed E-state index contributed by atoms with van der Waals surface area (Å²) >= 11 is 2.58. The summed E-state index contributed by atoms with van der Waals surface area (Å²) < 4.78 is 27.4. The Morgan fingerprint density at radius 3 is 2.41 bits per heavy atom. The lowest BCUT2D eigenvalue weighted by Gasteiger charge is -2.14. The number of sulfonamides is 1. The molecule has 29 heavy (non-hydrogen) atoms. The Labute approximate surface area is 179 Å². The summed E-state index contributed by atoms with van der Waals surface area (Å²) in [6.45, 7) is 5.83. The topological polar surface area (TPSA) is 75.3 Å². The minimum Gasteiger partial charge on any atom is -0.325 e. The van der Waals surface area contributed by atoms with Gasteiger partial charge in [0.25, 0.3) is 10.0 Å². The van der Waals surface area contributed by atoms with E-state index in [-0.39, 0.29) is 15.4 Å². The molecule has 5 nitrogen and oxygen atoms in total. The second kappa shape index (κ2) is 9.02. The Bertz CT molecular complexity index is 1090. The molecule has 1 heterocycles. The van der Waals surface area contributed by atoms with E-state index in [9.17, 15) is 13.2 Å². The highest BCUT2D eigenvalue weighted by Crippen LogP contribution is 2.27. The van der Waals surface area contributed by atoms with Crippen LogP contribution in [0.5, 0.6) is 0 Å². The average molecular weight is 447 g/mol. The van der Waals surface area contributed by atoms with E-state index in [4.69, 9.17) is 0 Å². The molecule has 152 valence electrons. The van der Waals surface area contributed by atoms with Gasteiger partial charge in [-0.2, -0.15) is 0 Å². The molecule has 8 heteroatoms. The van der Waals surface area contributed by atoms with Gasteiger partial charge in [0, 0.05) is 16.3 Å². The number of hydrogen-bond donors (Lipinski definition) is 2. The molecule has 0 fully saturated rings. The van der Waals surface area contributed by atoms with Crippen molar-refractivity contribution in [2.45, 2.75) is 35.1 Å². The van der Waals surface area contributed by atoms with Crippen molar-refractivity contribution < 1.29 is 13.2 Å². The summed E-state index contributed by atoms with van der Waals surface area (Å²) in [6.07, 6.45) is 0. The maximum atomic E-state index is 12.5. The first-order chi connectivity index (χ1) is 13.7. The fourth-order valence-corrected chi connectivity index (χ4v) is 5.59. The van der Waals surface area contributed by atoms with E-state index in [1.165, 1.54) is 23.1 Å². The zero-order chi connectivity index (χ0) is 21.0. The molecule has 0 radical (unpaired) electrons. The highest BCUT2D eigenvalue weighted by atomic mass is 32.2. The highest BCUT2D eigenvalue weighted by molar-refractivity contribution is 8.00. The third kappa shape index (κ3) is 5.62. The monoisotopic (exact) mass is 446 g/mol. The molecule has 2 N–H and O–H groups in total. The van der Waals surface area contributed by atoms with Crippen LogP contribution in [0.2, 0.25) is 0 Å². The molecule has 1 amide bonds. The Morgan fingerprint density at radius 1 is 1.07 bits per heavy atom. The molecule has 1 unspecified atom stereocenters. The third-order valence-electron chi connectivity index (χ3n) is 4.19.